The monoisotopic (exact) mass is 626 g/mol. The quantitative estimate of drug-likeness (QED) is 0.0638. The zero-order valence-electron chi connectivity index (χ0n) is 30.3. The van der Waals surface area contributed by atoms with Crippen molar-refractivity contribution < 1.29 is 9.47 Å². The number of rotatable bonds is 28. The van der Waals surface area contributed by atoms with E-state index in [0.29, 0.717) is 12.2 Å². The van der Waals surface area contributed by atoms with E-state index in [0.717, 1.165) is 51.6 Å². The van der Waals surface area contributed by atoms with Crippen molar-refractivity contribution in [2.45, 2.75) is 199 Å². The summed E-state index contributed by atoms with van der Waals surface area (Å²) in [5.74, 6) is -0.309. The Hall–Kier alpha value is -1.16. The minimum absolute atomic E-state index is 0.301. The van der Waals surface area contributed by atoms with Crippen LogP contribution in [0, 0.1) is 0 Å². The van der Waals surface area contributed by atoms with Gasteiger partial charge in [-0.05, 0) is 84.1 Å². The lowest BCUT2D eigenvalue weighted by molar-refractivity contribution is -0.188. The predicted molar refractivity (Wildman–Crippen MR) is 198 cm³/mol. The Morgan fingerprint density at radius 3 is 1.24 bits per heavy atom. The molecule has 0 amide bonds. The number of likely N-dealkylation sites (tertiary alicyclic amines) is 1. The van der Waals surface area contributed by atoms with Crippen molar-refractivity contribution in [3.8, 4) is 0 Å². The van der Waals surface area contributed by atoms with Gasteiger partial charge in [-0.1, -0.05) is 140 Å². The molecule has 3 nitrogen and oxygen atoms in total. The first-order valence-electron chi connectivity index (χ1n) is 19.8. The van der Waals surface area contributed by atoms with Crippen LogP contribution in [0.5, 0.6) is 0 Å². The maximum absolute atomic E-state index is 6.85. The molecule has 0 unspecified atom stereocenters. The molecule has 0 aromatic carbocycles. The van der Waals surface area contributed by atoms with Gasteiger partial charge < -0.3 is 14.4 Å². The molecule has 0 aliphatic carbocycles. The van der Waals surface area contributed by atoms with Gasteiger partial charge in [-0.2, -0.15) is 0 Å². The van der Waals surface area contributed by atoms with E-state index >= 15 is 0 Å². The molecule has 0 aromatic heterocycles. The van der Waals surface area contributed by atoms with Gasteiger partial charge >= 0.3 is 0 Å². The number of fused-ring (bicyclic) bond motifs is 1. The fourth-order valence-corrected chi connectivity index (χ4v) is 6.77. The smallest absolute Gasteiger partial charge is 0.169 e. The van der Waals surface area contributed by atoms with Crippen LogP contribution in [0.15, 0.2) is 48.6 Å². The Bertz CT molecular complexity index is 720. The highest BCUT2D eigenvalue weighted by Crippen LogP contribution is 2.40. The van der Waals surface area contributed by atoms with Gasteiger partial charge in [0.15, 0.2) is 5.79 Å². The molecule has 0 bridgehead atoms. The molecule has 260 valence electrons. The van der Waals surface area contributed by atoms with Crippen LogP contribution in [0.1, 0.15) is 181 Å². The molecule has 45 heavy (non-hydrogen) atoms. The van der Waals surface area contributed by atoms with Crippen molar-refractivity contribution in [2.24, 2.45) is 0 Å². The Balaban J connectivity index is 1.58. The molecule has 2 aliphatic heterocycles. The van der Waals surface area contributed by atoms with Gasteiger partial charge in [-0.25, -0.2) is 0 Å². The van der Waals surface area contributed by atoms with Crippen LogP contribution in [0.2, 0.25) is 0 Å². The van der Waals surface area contributed by atoms with Gasteiger partial charge in [0.05, 0.1) is 12.2 Å². The van der Waals surface area contributed by atoms with Crippen molar-refractivity contribution in [2.75, 3.05) is 20.1 Å². The summed E-state index contributed by atoms with van der Waals surface area (Å²) in [5.41, 5.74) is 0. The van der Waals surface area contributed by atoms with E-state index in [1.165, 1.54) is 128 Å². The molecule has 0 spiro atoms. The van der Waals surface area contributed by atoms with Crippen LogP contribution in [-0.4, -0.2) is 43.0 Å². The van der Waals surface area contributed by atoms with E-state index in [1.54, 1.807) is 0 Å². The summed E-state index contributed by atoms with van der Waals surface area (Å²) in [6.07, 6.45) is 52.1. The lowest BCUT2D eigenvalue weighted by atomic mass is 9.98. The lowest BCUT2D eigenvalue weighted by Gasteiger charge is -2.29. The van der Waals surface area contributed by atoms with Crippen molar-refractivity contribution in [1.82, 2.24) is 4.90 Å². The minimum atomic E-state index is -0.309. The summed E-state index contributed by atoms with van der Waals surface area (Å²) in [4.78, 5) is 2.44. The maximum atomic E-state index is 6.85. The molecule has 2 fully saturated rings. The van der Waals surface area contributed by atoms with Crippen LogP contribution < -0.4 is 0 Å². The van der Waals surface area contributed by atoms with Gasteiger partial charge in [0.1, 0.15) is 0 Å². The van der Waals surface area contributed by atoms with Crippen molar-refractivity contribution in [3.63, 3.8) is 0 Å². The number of unbranched alkanes of at least 4 members (excludes halogenated alkanes) is 16. The Morgan fingerprint density at radius 1 is 0.489 bits per heavy atom. The number of nitrogens with zero attached hydrogens (tertiary/aromatic N) is 1. The van der Waals surface area contributed by atoms with Crippen molar-refractivity contribution in [3.05, 3.63) is 48.6 Å². The highest BCUT2D eigenvalue weighted by molar-refractivity contribution is 4.94. The molecule has 2 heterocycles. The van der Waals surface area contributed by atoms with Crippen LogP contribution in [0.4, 0.5) is 0 Å². The molecule has 0 aromatic rings. The van der Waals surface area contributed by atoms with Gasteiger partial charge in [-0.3, -0.25) is 0 Å². The average Bonchev–Trinajstić information content (AvgIpc) is 3.30. The number of hydrogen-bond donors (Lipinski definition) is 0. The molecular weight excluding hydrogens is 550 g/mol. The molecule has 0 saturated carbocycles. The fourth-order valence-electron chi connectivity index (χ4n) is 6.77. The van der Waals surface area contributed by atoms with Gasteiger partial charge in [0, 0.05) is 25.9 Å². The molecule has 2 aliphatic rings. The number of ether oxygens (including phenoxy) is 2. The van der Waals surface area contributed by atoms with Gasteiger partial charge in [0.25, 0.3) is 0 Å². The Kier molecular flexibility index (Phi) is 24.8. The third kappa shape index (κ3) is 20.6. The fraction of sp³-hybridized carbons (Fsp3) is 0.810. The SMILES string of the molecule is CCCC/C=C\C/C=C\CCCCCCCCC1(CCCCCCCC/C=C\C/C=C\CCCC)O[C@@H]2CCN(C)CC[C@H]2O1. The van der Waals surface area contributed by atoms with Crippen LogP contribution >= 0.6 is 0 Å². The van der Waals surface area contributed by atoms with E-state index in [4.69, 9.17) is 9.47 Å². The zero-order valence-corrected chi connectivity index (χ0v) is 30.3. The molecule has 3 heteroatoms. The lowest BCUT2D eigenvalue weighted by Crippen LogP contribution is -2.32. The Morgan fingerprint density at radius 2 is 0.844 bits per heavy atom. The van der Waals surface area contributed by atoms with E-state index in [9.17, 15) is 0 Å². The second-order valence-corrected chi connectivity index (χ2v) is 14.1. The Labute approximate surface area is 281 Å². The largest absolute Gasteiger partial charge is 0.344 e. The van der Waals surface area contributed by atoms with Crippen molar-refractivity contribution >= 4 is 0 Å². The van der Waals surface area contributed by atoms with E-state index in [2.05, 4.69) is 74.4 Å². The van der Waals surface area contributed by atoms with Crippen molar-refractivity contribution in [1.29, 1.82) is 0 Å². The first kappa shape index (κ1) is 40.0. The van der Waals surface area contributed by atoms with Crippen LogP contribution in [0.25, 0.3) is 0 Å². The third-order valence-electron chi connectivity index (χ3n) is 9.75. The second kappa shape index (κ2) is 27.9. The molecule has 2 rings (SSSR count). The molecule has 2 saturated heterocycles. The minimum Gasteiger partial charge on any atom is -0.344 e. The summed E-state index contributed by atoms with van der Waals surface area (Å²) in [7, 11) is 2.24. The highest BCUT2D eigenvalue weighted by atomic mass is 16.8. The summed E-state index contributed by atoms with van der Waals surface area (Å²) in [6, 6.07) is 0. The van der Waals surface area contributed by atoms with Gasteiger partial charge in [0.2, 0.25) is 0 Å². The first-order valence-corrected chi connectivity index (χ1v) is 19.8. The number of allylic oxidation sites excluding steroid dienone is 8. The standard InChI is InChI=1S/C42H75NO2/c1-4-6-8-10-12-14-16-18-20-22-24-26-28-30-32-36-42(44-40-34-38-43(3)39-35-41(40)45-42)37-33-31-29-27-25-23-21-19-17-15-13-11-9-7-5-2/h10-13,16-19,40-41H,4-9,14-15,20-39H2,1-3H3/b12-10-,13-11-,18-16-,19-17-/t40-,41-/m1/s1. The summed E-state index contributed by atoms with van der Waals surface area (Å²) in [5, 5.41) is 0. The van der Waals surface area contributed by atoms with E-state index in [1.807, 2.05) is 0 Å². The van der Waals surface area contributed by atoms with Gasteiger partial charge in [-0.15, -0.1) is 0 Å². The molecule has 0 N–H and O–H groups in total. The highest BCUT2D eigenvalue weighted by Gasteiger charge is 2.47. The van der Waals surface area contributed by atoms with Crippen LogP contribution in [-0.2, 0) is 9.47 Å². The first-order chi connectivity index (χ1) is 22.2. The summed E-state index contributed by atoms with van der Waals surface area (Å²) < 4.78 is 13.7. The normalized spacial score (nSPS) is 20.8. The van der Waals surface area contributed by atoms with Crippen LogP contribution in [0.3, 0.4) is 0 Å². The topological polar surface area (TPSA) is 21.7 Å². The molecule has 2 atom stereocenters. The second-order valence-electron chi connectivity index (χ2n) is 14.1. The number of hydrogen-bond acceptors (Lipinski definition) is 3. The summed E-state index contributed by atoms with van der Waals surface area (Å²) >= 11 is 0. The predicted octanol–water partition coefficient (Wildman–Crippen LogP) is 12.8. The zero-order chi connectivity index (χ0) is 32.1. The van der Waals surface area contributed by atoms with E-state index in [-0.39, 0.29) is 5.79 Å². The molecular formula is C42H75NO2. The van der Waals surface area contributed by atoms with E-state index < -0.39 is 0 Å². The average molecular weight is 626 g/mol. The molecule has 0 radical (unpaired) electrons. The maximum Gasteiger partial charge on any atom is 0.169 e. The third-order valence-corrected chi connectivity index (χ3v) is 9.75. The summed E-state index contributed by atoms with van der Waals surface area (Å²) in [6.45, 7) is 6.79.